The first-order valence-corrected chi connectivity index (χ1v) is 4.53. The van der Waals surface area contributed by atoms with Crippen molar-refractivity contribution in [1.29, 1.82) is 0 Å². The lowest BCUT2D eigenvalue weighted by Crippen LogP contribution is -1.96. The second-order valence-electron chi connectivity index (χ2n) is 3.10. The maximum atomic E-state index is 9.58. The van der Waals surface area contributed by atoms with Crippen LogP contribution in [-0.2, 0) is 11.3 Å². The molecule has 1 atom stereocenters. The van der Waals surface area contributed by atoms with E-state index in [2.05, 4.69) is 0 Å². The lowest BCUT2D eigenvalue weighted by molar-refractivity contribution is 0.171. The van der Waals surface area contributed by atoms with Crippen molar-refractivity contribution < 1.29 is 9.84 Å². The monoisotopic (exact) mass is 180 g/mol. The van der Waals surface area contributed by atoms with E-state index in [0.29, 0.717) is 6.61 Å². The Morgan fingerprint density at radius 3 is 2.85 bits per heavy atom. The first kappa shape index (κ1) is 10.2. The molecule has 0 bridgehead atoms. The van der Waals surface area contributed by atoms with E-state index in [0.717, 1.165) is 17.5 Å². The molecule has 0 amide bonds. The summed E-state index contributed by atoms with van der Waals surface area (Å²) in [7, 11) is 1.67. The highest BCUT2D eigenvalue weighted by Gasteiger charge is 2.04. The highest BCUT2D eigenvalue weighted by molar-refractivity contribution is 5.24. The number of benzene rings is 1. The minimum absolute atomic E-state index is 0.350. The first-order chi connectivity index (χ1) is 6.27. The average molecular weight is 180 g/mol. The van der Waals surface area contributed by atoms with Crippen LogP contribution in [0, 0.1) is 0 Å². The van der Waals surface area contributed by atoms with Crippen molar-refractivity contribution in [2.24, 2.45) is 0 Å². The maximum Gasteiger partial charge on any atom is 0.0787 e. The molecular formula is C11H16O2. The smallest absolute Gasteiger partial charge is 0.0787 e. The number of rotatable bonds is 4. The summed E-state index contributed by atoms with van der Waals surface area (Å²) >= 11 is 0. The maximum absolute atomic E-state index is 9.58. The Morgan fingerprint density at radius 1 is 1.46 bits per heavy atom. The average Bonchev–Trinajstić information content (AvgIpc) is 2.18. The summed E-state index contributed by atoms with van der Waals surface area (Å²) in [5, 5.41) is 9.58. The lowest BCUT2D eigenvalue weighted by atomic mass is 10.0. The van der Waals surface area contributed by atoms with Gasteiger partial charge >= 0.3 is 0 Å². The van der Waals surface area contributed by atoms with E-state index >= 15 is 0 Å². The molecule has 0 saturated heterocycles. The van der Waals surface area contributed by atoms with Crippen LogP contribution in [0.1, 0.15) is 30.6 Å². The molecule has 0 heterocycles. The van der Waals surface area contributed by atoms with Gasteiger partial charge in [-0.15, -0.1) is 0 Å². The molecule has 1 aromatic carbocycles. The van der Waals surface area contributed by atoms with Crippen LogP contribution in [0.2, 0.25) is 0 Å². The van der Waals surface area contributed by atoms with Crippen molar-refractivity contribution in [3.8, 4) is 0 Å². The molecule has 0 aliphatic carbocycles. The summed E-state index contributed by atoms with van der Waals surface area (Å²) in [5.74, 6) is 0. The third-order valence-electron chi connectivity index (χ3n) is 2.03. The molecule has 2 nitrogen and oxygen atoms in total. The van der Waals surface area contributed by atoms with E-state index in [4.69, 9.17) is 4.74 Å². The number of hydrogen-bond donors (Lipinski definition) is 1. The molecule has 1 aromatic rings. The van der Waals surface area contributed by atoms with E-state index in [9.17, 15) is 5.11 Å². The standard InChI is InChI=1S/C11H16O2/c1-3-11(12)10-6-4-5-9(7-10)8-13-2/h4-7,11-12H,3,8H2,1-2H3/t11-/m0/s1. The topological polar surface area (TPSA) is 29.5 Å². The van der Waals surface area contributed by atoms with Crippen molar-refractivity contribution in [3.05, 3.63) is 35.4 Å². The van der Waals surface area contributed by atoms with Gasteiger partial charge in [0.1, 0.15) is 0 Å². The van der Waals surface area contributed by atoms with Gasteiger partial charge in [0, 0.05) is 7.11 Å². The summed E-state index contributed by atoms with van der Waals surface area (Å²) in [6.07, 6.45) is 0.396. The Balaban J connectivity index is 2.78. The van der Waals surface area contributed by atoms with Crippen molar-refractivity contribution in [2.75, 3.05) is 7.11 Å². The molecule has 0 aliphatic heterocycles. The molecule has 13 heavy (non-hydrogen) atoms. The SMILES string of the molecule is CC[C@H](O)c1cccc(COC)c1. The Kier molecular flexibility index (Phi) is 3.93. The number of hydrogen-bond acceptors (Lipinski definition) is 2. The molecule has 1 rings (SSSR count). The van der Waals surface area contributed by atoms with Gasteiger partial charge in [-0.05, 0) is 17.5 Å². The molecular weight excluding hydrogens is 164 g/mol. The first-order valence-electron chi connectivity index (χ1n) is 4.53. The minimum atomic E-state index is -0.350. The van der Waals surface area contributed by atoms with Crippen molar-refractivity contribution in [3.63, 3.8) is 0 Å². The predicted octanol–water partition coefficient (Wildman–Crippen LogP) is 2.28. The summed E-state index contributed by atoms with van der Waals surface area (Å²) in [4.78, 5) is 0. The van der Waals surface area contributed by atoms with Crippen LogP contribution in [0.25, 0.3) is 0 Å². The third kappa shape index (κ3) is 2.83. The lowest BCUT2D eigenvalue weighted by Gasteiger charge is -2.09. The zero-order valence-corrected chi connectivity index (χ0v) is 8.16. The van der Waals surface area contributed by atoms with Crippen molar-refractivity contribution in [1.82, 2.24) is 0 Å². The van der Waals surface area contributed by atoms with E-state index in [1.54, 1.807) is 7.11 Å². The highest BCUT2D eigenvalue weighted by Crippen LogP contribution is 2.17. The van der Waals surface area contributed by atoms with Crippen LogP contribution in [0.5, 0.6) is 0 Å². The molecule has 0 fully saturated rings. The summed E-state index contributed by atoms with van der Waals surface area (Å²) in [5.41, 5.74) is 2.07. The third-order valence-corrected chi connectivity index (χ3v) is 2.03. The van der Waals surface area contributed by atoms with Crippen LogP contribution in [0.15, 0.2) is 24.3 Å². The Bertz CT molecular complexity index is 258. The van der Waals surface area contributed by atoms with Crippen molar-refractivity contribution >= 4 is 0 Å². The van der Waals surface area contributed by atoms with Gasteiger partial charge in [-0.2, -0.15) is 0 Å². The Labute approximate surface area is 79.2 Å². The van der Waals surface area contributed by atoms with E-state index < -0.39 is 0 Å². The van der Waals surface area contributed by atoms with Gasteiger partial charge in [0.05, 0.1) is 12.7 Å². The molecule has 72 valence electrons. The van der Waals surface area contributed by atoms with Crippen LogP contribution < -0.4 is 0 Å². The fourth-order valence-corrected chi connectivity index (χ4v) is 1.29. The zero-order chi connectivity index (χ0) is 9.68. The Morgan fingerprint density at radius 2 is 2.23 bits per heavy atom. The largest absolute Gasteiger partial charge is 0.388 e. The Hall–Kier alpha value is -0.860. The zero-order valence-electron chi connectivity index (χ0n) is 8.16. The summed E-state index contributed by atoms with van der Waals surface area (Å²) in [6.45, 7) is 2.57. The number of methoxy groups -OCH3 is 1. The summed E-state index contributed by atoms with van der Waals surface area (Å²) < 4.78 is 5.01. The van der Waals surface area contributed by atoms with Gasteiger partial charge in [0.15, 0.2) is 0 Å². The predicted molar refractivity (Wildman–Crippen MR) is 52.4 cm³/mol. The summed E-state index contributed by atoms with van der Waals surface area (Å²) in [6, 6.07) is 7.86. The number of aliphatic hydroxyl groups excluding tert-OH is 1. The van der Waals surface area contributed by atoms with Gasteiger partial charge in [-0.1, -0.05) is 31.2 Å². The molecule has 0 radical (unpaired) electrons. The van der Waals surface area contributed by atoms with Crippen LogP contribution in [-0.4, -0.2) is 12.2 Å². The normalized spacial score (nSPS) is 12.8. The molecule has 0 spiro atoms. The van der Waals surface area contributed by atoms with Gasteiger partial charge in [-0.25, -0.2) is 0 Å². The molecule has 2 heteroatoms. The molecule has 0 aliphatic rings. The quantitative estimate of drug-likeness (QED) is 0.770. The molecule has 0 aromatic heterocycles. The number of ether oxygens (including phenoxy) is 1. The van der Waals surface area contributed by atoms with Gasteiger partial charge in [0.2, 0.25) is 0 Å². The second-order valence-corrected chi connectivity index (χ2v) is 3.10. The van der Waals surface area contributed by atoms with Gasteiger partial charge in [-0.3, -0.25) is 0 Å². The fraction of sp³-hybridized carbons (Fsp3) is 0.455. The minimum Gasteiger partial charge on any atom is -0.388 e. The number of aliphatic hydroxyl groups is 1. The fourth-order valence-electron chi connectivity index (χ4n) is 1.29. The van der Waals surface area contributed by atoms with Gasteiger partial charge in [0.25, 0.3) is 0 Å². The van der Waals surface area contributed by atoms with Crippen LogP contribution >= 0.6 is 0 Å². The van der Waals surface area contributed by atoms with Gasteiger partial charge < -0.3 is 9.84 Å². The van der Waals surface area contributed by atoms with Crippen molar-refractivity contribution in [2.45, 2.75) is 26.1 Å². The second kappa shape index (κ2) is 5.00. The van der Waals surface area contributed by atoms with E-state index in [1.807, 2.05) is 31.2 Å². The molecule has 0 unspecified atom stereocenters. The van der Waals surface area contributed by atoms with E-state index in [-0.39, 0.29) is 6.10 Å². The van der Waals surface area contributed by atoms with Crippen LogP contribution in [0.4, 0.5) is 0 Å². The molecule has 0 saturated carbocycles. The van der Waals surface area contributed by atoms with E-state index in [1.165, 1.54) is 0 Å². The van der Waals surface area contributed by atoms with Crippen LogP contribution in [0.3, 0.4) is 0 Å². The molecule has 1 N–H and O–H groups in total. The highest BCUT2D eigenvalue weighted by atomic mass is 16.5.